The summed E-state index contributed by atoms with van der Waals surface area (Å²) in [5.74, 6) is 0. The second-order valence-corrected chi connectivity index (χ2v) is 16.9. The van der Waals surface area contributed by atoms with Gasteiger partial charge in [-0.2, -0.15) is 0 Å². The van der Waals surface area contributed by atoms with Gasteiger partial charge in [0.25, 0.3) is 0 Å². The highest BCUT2D eigenvalue weighted by Crippen LogP contribution is 2.51. The molecular formula is C59H42N2. The number of nitrogens with zero attached hydrogens (tertiary/aromatic N) is 2. The zero-order chi connectivity index (χ0) is 40.7. The van der Waals surface area contributed by atoms with Gasteiger partial charge >= 0.3 is 0 Å². The SMILES string of the molecule is CC1(C)c2ccccc2-c2ccc(N(c3ccc(-c4ccc5c(c4)c4ccccc4n5-c4ccccc4)cc3)c3ccc(-c4cccc5ccc6ccccc6c45)cc3)cc21. The van der Waals surface area contributed by atoms with E-state index in [0.29, 0.717) is 0 Å². The third-order valence-electron chi connectivity index (χ3n) is 13.2. The van der Waals surface area contributed by atoms with E-state index in [4.69, 9.17) is 0 Å². The molecule has 0 N–H and O–H groups in total. The fourth-order valence-electron chi connectivity index (χ4n) is 10.2. The molecule has 0 radical (unpaired) electrons. The molecule has 0 unspecified atom stereocenters. The van der Waals surface area contributed by atoms with Crippen molar-refractivity contribution in [3.63, 3.8) is 0 Å². The first kappa shape index (κ1) is 35.3. The average Bonchev–Trinajstić information content (AvgIpc) is 3.77. The molecule has 1 heterocycles. The largest absolute Gasteiger partial charge is 0.310 e. The van der Waals surface area contributed by atoms with Crippen molar-refractivity contribution >= 4 is 60.4 Å². The molecule has 0 spiro atoms. The molecule has 0 atom stereocenters. The molecule has 2 heteroatoms. The van der Waals surface area contributed by atoms with Crippen LogP contribution in [0.5, 0.6) is 0 Å². The molecular weight excluding hydrogens is 737 g/mol. The minimum atomic E-state index is -0.110. The van der Waals surface area contributed by atoms with Gasteiger partial charge in [-0.05, 0) is 133 Å². The van der Waals surface area contributed by atoms with E-state index in [-0.39, 0.29) is 5.41 Å². The topological polar surface area (TPSA) is 8.17 Å². The van der Waals surface area contributed by atoms with Crippen molar-refractivity contribution in [1.82, 2.24) is 4.57 Å². The molecule has 12 rings (SSSR count). The van der Waals surface area contributed by atoms with Gasteiger partial charge in [0, 0.05) is 38.9 Å². The number of aromatic nitrogens is 1. The number of para-hydroxylation sites is 2. The van der Waals surface area contributed by atoms with E-state index < -0.39 is 0 Å². The zero-order valence-electron chi connectivity index (χ0n) is 34.2. The lowest BCUT2D eigenvalue weighted by Gasteiger charge is -2.28. The van der Waals surface area contributed by atoms with Crippen molar-refractivity contribution in [2.45, 2.75) is 19.3 Å². The van der Waals surface area contributed by atoms with Gasteiger partial charge in [-0.3, -0.25) is 0 Å². The lowest BCUT2D eigenvalue weighted by atomic mass is 9.82. The summed E-state index contributed by atoms with van der Waals surface area (Å²) < 4.78 is 2.37. The van der Waals surface area contributed by atoms with Crippen molar-refractivity contribution in [1.29, 1.82) is 0 Å². The van der Waals surface area contributed by atoms with Crippen LogP contribution in [0, 0.1) is 0 Å². The smallest absolute Gasteiger partial charge is 0.0541 e. The Kier molecular flexibility index (Phi) is 7.92. The lowest BCUT2D eigenvalue weighted by Crippen LogP contribution is -2.16. The highest BCUT2D eigenvalue weighted by atomic mass is 15.1. The van der Waals surface area contributed by atoms with E-state index in [1.807, 2.05) is 0 Å². The second-order valence-electron chi connectivity index (χ2n) is 16.9. The summed E-state index contributed by atoms with van der Waals surface area (Å²) in [6.07, 6.45) is 0. The molecule has 11 aromatic rings. The van der Waals surface area contributed by atoms with Crippen molar-refractivity contribution < 1.29 is 0 Å². The van der Waals surface area contributed by atoms with Crippen LogP contribution in [0.25, 0.3) is 82.4 Å². The molecule has 1 aromatic heterocycles. The van der Waals surface area contributed by atoms with E-state index >= 15 is 0 Å². The molecule has 2 nitrogen and oxygen atoms in total. The summed E-state index contributed by atoms with van der Waals surface area (Å²) >= 11 is 0. The quantitative estimate of drug-likeness (QED) is 0.153. The van der Waals surface area contributed by atoms with Crippen LogP contribution in [0.3, 0.4) is 0 Å². The van der Waals surface area contributed by atoms with Crippen LogP contribution in [0.4, 0.5) is 17.1 Å². The van der Waals surface area contributed by atoms with Crippen LogP contribution in [0.2, 0.25) is 0 Å². The maximum atomic E-state index is 2.42. The Bertz CT molecular complexity index is 3480. The van der Waals surface area contributed by atoms with Crippen molar-refractivity contribution in [3.05, 3.63) is 230 Å². The van der Waals surface area contributed by atoms with E-state index in [2.05, 4.69) is 242 Å². The Balaban J connectivity index is 0.971. The van der Waals surface area contributed by atoms with Gasteiger partial charge in [-0.25, -0.2) is 0 Å². The highest BCUT2D eigenvalue weighted by molar-refractivity contribution is 6.14. The van der Waals surface area contributed by atoms with Crippen LogP contribution in [-0.4, -0.2) is 4.57 Å². The van der Waals surface area contributed by atoms with Gasteiger partial charge in [-0.1, -0.05) is 166 Å². The molecule has 1 aliphatic carbocycles. The molecule has 61 heavy (non-hydrogen) atoms. The molecule has 10 aromatic carbocycles. The second kappa shape index (κ2) is 13.7. The Labute approximate surface area is 356 Å². The number of hydrogen-bond donors (Lipinski definition) is 0. The Morgan fingerprint density at radius 2 is 0.951 bits per heavy atom. The zero-order valence-corrected chi connectivity index (χ0v) is 34.2. The summed E-state index contributed by atoms with van der Waals surface area (Å²) in [5, 5.41) is 7.60. The normalized spacial score (nSPS) is 12.9. The lowest BCUT2D eigenvalue weighted by molar-refractivity contribution is 0.660. The van der Waals surface area contributed by atoms with Gasteiger partial charge in [0.1, 0.15) is 0 Å². The van der Waals surface area contributed by atoms with Gasteiger partial charge in [0.15, 0.2) is 0 Å². The minimum Gasteiger partial charge on any atom is -0.310 e. The Hall–Kier alpha value is -7.68. The van der Waals surface area contributed by atoms with E-state index in [1.165, 1.54) is 93.5 Å². The fourth-order valence-corrected chi connectivity index (χ4v) is 10.2. The third kappa shape index (κ3) is 5.56. The Morgan fingerprint density at radius 1 is 0.361 bits per heavy atom. The molecule has 0 fully saturated rings. The summed E-state index contributed by atoms with van der Waals surface area (Å²) in [7, 11) is 0. The number of benzene rings is 10. The number of hydrogen-bond acceptors (Lipinski definition) is 1. The molecule has 0 amide bonds. The van der Waals surface area contributed by atoms with E-state index in [1.54, 1.807) is 0 Å². The maximum Gasteiger partial charge on any atom is 0.0541 e. The van der Waals surface area contributed by atoms with Crippen LogP contribution >= 0.6 is 0 Å². The molecule has 288 valence electrons. The molecule has 0 saturated carbocycles. The third-order valence-corrected chi connectivity index (χ3v) is 13.2. The fraction of sp³-hybridized carbons (Fsp3) is 0.0508. The number of anilines is 3. The van der Waals surface area contributed by atoms with Crippen LogP contribution in [-0.2, 0) is 5.41 Å². The van der Waals surface area contributed by atoms with Crippen molar-refractivity contribution in [3.8, 4) is 39.1 Å². The summed E-state index contributed by atoms with van der Waals surface area (Å²) in [5.41, 5.74) is 17.1. The van der Waals surface area contributed by atoms with Gasteiger partial charge < -0.3 is 9.47 Å². The molecule has 1 aliphatic rings. The summed E-state index contributed by atoms with van der Waals surface area (Å²) in [4.78, 5) is 2.42. The molecule has 0 aliphatic heterocycles. The minimum absolute atomic E-state index is 0.110. The van der Waals surface area contributed by atoms with Gasteiger partial charge in [0.05, 0.1) is 11.0 Å². The monoisotopic (exact) mass is 778 g/mol. The molecule has 0 saturated heterocycles. The Morgan fingerprint density at radius 3 is 1.77 bits per heavy atom. The maximum absolute atomic E-state index is 2.42. The van der Waals surface area contributed by atoms with Crippen LogP contribution in [0.1, 0.15) is 25.0 Å². The first-order valence-electron chi connectivity index (χ1n) is 21.3. The van der Waals surface area contributed by atoms with Gasteiger partial charge in [-0.15, -0.1) is 0 Å². The van der Waals surface area contributed by atoms with Gasteiger partial charge in [0.2, 0.25) is 0 Å². The predicted molar refractivity (Wildman–Crippen MR) is 259 cm³/mol. The van der Waals surface area contributed by atoms with E-state index in [9.17, 15) is 0 Å². The first-order valence-corrected chi connectivity index (χ1v) is 21.3. The number of fused-ring (bicyclic) bond motifs is 9. The van der Waals surface area contributed by atoms with Crippen LogP contribution in [0.15, 0.2) is 218 Å². The van der Waals surface area contributed by atoms with Crippen LogP contribution < -0.4 is 4.90 Å². The van der Waals surface area contributed by atoms with E-state index in [0.717, 1.165) is 17.1 Å². The summed E-state index contributed by atoms with van der Waals surface area (Å²) in [6, 6.07) is 80.4. The highest BCUT2D eigenvalue weighted by Gasteiger charge is 2.35. The predicted octanol–water partition coefficient (Wildman–Crippen LogP) is 16.2. The standard InChI is InChI=1S/C59H42N2/c1-59(2)54-21-10-8-18-50(54)51-35-34-47(38-55(51)59)60(46-32-27-41(28-33-46)49-20-12-14-42-24-23-40-13-6-7-17-48(40)58(42)49)45-30-25-39(26-31-45)43-29-36-57-53(37-43)52-19-9-11-22-56(52)61(57)44-15-4-3-5-16-44/h3-38H,1-2H3. The number of rotatable bonds is 6. The summed E-state index contributed by atoms with van der Waals surface area (Å²) in [6.45, 7) is 4.72. The van der Waals surface area contributed by atoms with Crippen molar-refractivity contribution in [2.75, 3.05) is 4.90 Å². The average molecular weight is 779 g/mol. The molecule has 0 bridgehead atoms. The van der Waals surface area contributed by atoms with Crippen molar-refractivity contribution in [2.24, 2.45) is 0 Å². The first-order chi connectivity index (χ1) is 30.0.